The Balaban J connectivity index is 3.10. The summed E-state index contributed by atoms with van der Waals surface area (Å²) in [5, 5.41) is 17.1. The maximum atomic E-state index is 8.56. The Bertz CT molecular complexity index is 401. The van der Waals surface area contributed by atoms with Crippen molar-refractivity contribution in [3.63, 3.8) is 0 Å². The first-order chi connectivity index (χ1) is 13.3. The van der Waals surface area contributed by atoms with Crippen LogP contribution in [0.4, 0.5) is 0 Å². The molecule has 154 valence electrons. The molecular weight excluding hydrogens is 332 g/mol. The number of rotatable bonds is 20. The minimum absolute atomic E-state index is 0.0393. The van der Waals surface area contributed by atoms with E-state index in [1.165, 1.54) is 115 Å². The Labute approximate surface area is 168 Å². The van der Waals surface area contributed by atoms with E-state index in [0.29, 0.717) is 6.61 Å². The summed E-state index contributed by atoms with van der Waals surface area (Å²) in [6.45, 7) is 2.88. The van der Waals surface area contributed by atoms with E-state index in [2.05, 4.69) is 6.92 Å². The molecule has 0 saturated heterocycles. The van der Waals surface area contributed by atoms with E-state index in [-0.39, 0.29) is 5.57 Å². The molecule has 0 fully saturated rings. The quantitative estimate of drug-likeness (QED) is 0.123. The van der Waals surface area contributed by atoms with E-state index in [0.717, 1.165) is 6.42 Å². The molecule has 0 saturated carbocycles. The van der Waals surface area contributed by atoms with Gasteiger partial charge in [0.25, 0.3) is 0 Å². The topological polar surface area (TPSA) is 56.8 Å². The van der Waals surface area contributed by atoms with Gasteiger partial charge in [0.05, 0.1) is 6.61 Å². The summed E-state index contributed by atoms with van der Waals surface area (Å²) in [5.74, 6) is 0. The number of unbranched alkanes of at least 4 members (excludes halogenated alkanes) is 17. The van der Waals surface area contributed by atoms with E-state index in [9.17, 15) is 0 Å². The summed E-state index contributed by atoms with van der Waals surface area (Å²) in [7, 11) is 0. The molecule has 0 aliphatic heterocycles. The molecule has 0 spiro atoms. The van der Waals surface area contributed by atoms with Crippen molar-refractivity contribution in [3.05, 3.63) is 11.8 Å². The Morgan fingerprint density at radius 3 is 1.26 bits per heavy atom. The Morgan fingerprint density at radius 2 is 0.926 bits per heavy atom. The van der Waals surface area contributed by atoms with Crippen molar-refractivity contribution in [2.24, 2.45) is 0 Å². The Kier molecular flexibility index (Phi) is 21.3. The lowest BCUT2D eigenvalue weighted by molar-refractivity contribution is 0.239. The highest BCUT2D eigenvalue weighted by atomic mass is 16.5. The highest BCUT2D eigenvalue weighted by Crippen LogP contribution is 2.14. The van der Waals surface area contributed by atoms with E-state index in [1.54, 1.807) is 12.1 Å². The zero-order valence-corrected chi connectivity index (χ0v) is 17.8. The second-order valence-electron chi connectivity index (χ2n) is 7.64. The first-order valence-corrected chi connectivity index (χ1v) is 11.5. The molecule has 27 heavy (non-hydrogen) atoms. The van der Waals surface area contributed by atoms with Crippen LogP contribution in [-0.2, 0) is 4.74 Å². The van der Waals surface area contributed by atoms with Gasteiger partial charge in [-0.25, -0.2) is 0 Å². The normalized spacial score (nSPS) is 10.2. The zero-order chi connectivity index (χ0) is 19.8. The fraction of sp³-hybridized carbons (Fsp3) is 0.833. The lowest BCUT2D eigenvalue weighted by Crippen LogP contribution is -1.89. The summed E-state index contributed by atoms with van der Waals surface area (Å²) in [6.07, 6.45) is 25.8. The molecule has 0 atom stereocenters. The van der Waals surface area contributed by atoms with Gasteiger partial charge < -0.3 is 4.74 Å². The highest BCUT2D eigenvalue weighted by Gasteiger charge is 1.95. The predicted molar refractivity (Wildman–Crippen MR) is 114 cm³/mol. The first kappa shape index (κ1) is 25.5. The van der Waals surface area contributed by atoms with Crippen molar-refractivity contribution in [2.75, 3.05) is 6.61 Å². The molecule has 0 N–H and O–H groups in total. The predicted octanol–water partition coefficient (Wildman–Crippen LogP) is 7.98. The molecule has 0 radical (unpaired) electrons. The Hall–Kier alpha value is -1.48. The third kappa shape index (κ3) is 20.7. The van der Waals surface area contributed by atoms with Crippen LogP contribution in [0.5, 0.6) is 0 Å². The molecule has 0 aliphatic carbocycles. The van der Waals surface area contributed by atoms with E-state index in [4.69, 9.17) is 15.3 Å². The van der Waals surface area contributed by atoms with Gasteiger partial charge in [-0.05, 0) is 6.42 Å². The van der Waals surface area contributed by atoms with E-state index < -0.39 is 0 Å². The van der Waals surface area contributed by atoms with Crippen LogP contribution >= 0.6 is 0 Å². The van der Waals surface area contributed by atoms with Crippen molar-refractivity contribution < 1.29 is 4.74 Å². The summed E-state index contributed by atoms with van der Waals surface area (Å²) in [6, 6.07) is 3.57. The van der Waals surface area contributed by atoms with Crippen molar-refractivity contribution in [1.29, 1.82) is 10.5 Å². The molecule has 0 amide bonds. The van der Waals surface area contributed by atoms with Gasteiger partial charge in [0, 0.05) is 0 Å². The molecule has 0 aromatic rings. The maximum Gasteiger partial charge on any atom is 0.163 e. The molecule has 0 unspecified atom stereocenters. The van der Waals surface area contributed by atoms with Crippen LogP contribution in [0.3, 0.4) is 0 Å². The van der Waals surface area contributed by atoms with Crippen LogP contribution in [0, 0.1) is 22.7 Å². The zero-order valence-electron chi connectivity index (χ0n) is 17.8. The lowest BCUT2D eigenvalue weighted by Gasteiger charge is -2.04. The van der Waals surface area contributed by atoms with Gasteiger partial charge in [-0.3, -0.25) is 0 Å². The van der Waals surface area contributed by atoms with Gasteiger partial charge >= 0.3 is 0 Å². The molecule has 0 rings (SSSR count). The number of nitriles is 2. The molecular formula is C24H42N2O. The van der Waals surface area contributed by atoms with Crippen LogP contribution < -0.4 is 0 Å². The second kappa shape index (κ2) is 22.6. The van der Waals surface area contributed by atoms with E-state index >= 15 is 0 Å². The van der Waals surface area contributed by atoms with Gasteiger partial charge in [-0.1, -0.05) is 116 Å². The van der Waals surface area contributed by atoms with Gasteiger partial charge in [0.1, 0.15) is 18.4 Å². The standard InChI is InChI=1S/C24H42N2O/c1-2-3-4-5-6-7-8-9-10-11-12-13-14-15-16-17-18-19-20-27-23-24(21-25)22-26/h23H,2-20H2,1H3. The van der Waals surface area contributed by atoms with Crippen LogP contribution in [0.1, 0.15) is 122 Å². The average Bonchev–Trinajstić information content (AvgIpc) is 2.69. The largest absolute Gasteiger partial charge is 0.499 e. The molecule has 3 heteroatoms. The summed E-state index contributed by atoms with van der Waals surface area (Å²) in [4.78, 5) is 0. The van der Waals surface area contributed by atoms with Crippen molar-refractivity contribution >= 4 is 0 Å². The maximum absolute atomic E-state index is 8.56. The second-order valence-corrected chi connectivity index (χ2v) is 7.64. The number of nitrogens with zero attached hydrogens (tertiary/aromatic N) is 2. The van der Waals surface area contributed by atoms with Crippen molar-refractivity contribution in [2.45, 2.75) is 122 Å². The number of hydrogen-bond acceptors (Lipinski definition) is 3. The van der Waals surface area contributed by atoms with Gasteiger partial charge in [-0.15, -0.1) is 0 Å². The van der Waals surface area contributed by atoms with Gasteiger partial charge in [0.2, 0.25) is 0 Å². The van der Waals surface area contributed by atoms with Crippen molar-refractivity contribution in [3.8, 4) is 12.1 Å². The number of ether oxygens (including phenoxy) is 1. The fourth-order valence-corrected chi connectivity index (χ4v) is 3.31. The van der Waals surface area contributed by atoms with Crippen LogP contribution in [0.25, 0.3) is 0 Å². The molecule has 0 aromatic carbocycles. The highest BCUT2D eigenvalue weighted by molar-refractivity contribution is 5.33. The van der Waals surface area contributed by atoms with Gasteiger partial charge in [0.15, 0.2) is 5.57 Å². The monoisotopic (exact) mass is 374 g/mol. The van der Waals surface area contributed by atoms with Crippen LogP contribution in [0.15, 0.2) is 11.8 Å². The smallest absolute Gasteiger partial charge is 0.163 e. The molecule has 0 bridgehead atoms. The van der Waals surface area contributed by atoms with Gasteiger partial charge in [-0.2, -0.15) is 10.5 Å². The van der Waals surface area contributed by atoms with Crippen molar-refractivity contribution in [1.82, 2.24) is 0 Å². The molecule has 0 aliphatic rings. The summed E-state index contributed by atoms with van der Waals surface area (Å²) < 4.78 is 5.20. The summed E-state index contributed by atoms with van der Waals surface area (Å²) >= 11 is 0. The number of hydrogen-bond donors (Lipinski definition) is 0. The minimum Gasteiger partial charge on any atom is -0.499 e. The summed E-state index contributed by atoms with van der Waals surface area (Å²) in [5.41, 5.74) is 0.0393. The van der Waals surface area contributed by atoms with Crippen LogP contribution in [-0.4, -0.2) is 6.61 Å². The lowest BCUT2D eigenvalue weighted by atomic mass is 10.0. The SMILES string of the molecule is CCCCCCCCCCCCCCCCCCCCOC=C(C#N)C#N. The molecule has 0 aromatic heterocycles. The third-order valence-electron chi connectivity index (χ3n) is 5.06. The van der Waals surface area contributed by atoms with Crippen LogP contribution in [0.2, 0.25) is 0 Å². The first-order valence-electron chi connectivity index (χ1n) is 11.5. The average molecular weight is 375 g/mol. The number of allylic oxidation sites excluding steroid dienone is 1. The molecule has 0 heterocycles. The molecule has 3 nitrogen and oxygen atoms in total. The Morgan fingerprint density at radius 1 is 0.593 bits per heavy atom. The minimum atomic E-state index is 0.0393. The fourth-order valence-electron chi connectivity index (χ4n) is 3.31. The third-order valence-corrected chi connectivity index (χ3v) is 5.06. The van der Waals surface area contributed by atoms with E-state index in [1.807, 2.05) is 0 Å².